The van der Waals surface area contributed by atoms with Gasteiger partial charge in [-0.15, -0.1) is 11.8 Å². The van der Waals surface area contributed by atoms with E-state index in [0.717, 1.165) is 28.4 Å². The van der Waals surface area contributed by atoms with E-state index in [-0.39, 0.29) is 0 Å². The standard InChI is InChI=1S/C24H23N5OS/c1-30-23-12-11-20(16-27-23)29(19-8-6-13-25-15-19)17-18-7-5-14-26-24(18)28-21-9-3-4-10-22(21)31-2/h3-16H,17H2,1-2H3,(H,26,28). The van der Waals surface area contributed by atoms with Crippen molar-refractivity contribution in [3.8, 4) is 5.88 Å². The van der Waals surface area contributed by atoms with Gasteiger partial charge in [0.05, 0.1) is 43.1 Å². The number of ether oxygens (including phenoxy) is 1. The fourth-order valence-electron chi connectivity index (χ4n) is 3.22. The number of nitrogens with zero attached hydrogens (tertiary/aromatic N) is 4. The van der Waals surface area contributed by atoms with Gasteiger partial charge in [-0.25, -0.2) is 9.97 Å². The Morgan fingerprint density at radius 3 is 2.48 bits per heavy atom. The summed E-state index contributed by atoms with van der Waals surface area (Å²) < 4.78 is 5.22. The molecule has 4 aromatic rings. The molecular weight excluding hydrogens is 406 g/mol. The number of pyridine rings is 3. The zero-order valence-corrected chi connectivity index (χ0v) is 18.2. The summed E-state index contributed by atoms with van der Waals surface area (Å²) in [5.41, 5.74) is 3.99. The van der Waals surface area contributed by atoms with Crippen LogP contribution in [0.3, 0.4) is 0 Å². The second kappa shape index (κ2) is 9.95. The molecule has 1 aromatic carbocycles. The zero-order chi connectivity index (χ0) is 21.5. The molecule has 4 rings (SSSR count). The van der Waals surface area contributed by atoms with Gasteiger partial charge in [0, 0.05) is 28.9 Å². The summed E-state index contributed by atoms with van der Waals surface area (Å²) in [6, 6.07) is 20.1. The highest BCUT2D eigenvalue weighted by Crippen LogP contribution is 2.31. The number of aromatic nitrogens is 3. The molecule has 156 valence electrons. The van der Waals surface area contributed by atoms with Gasteiger partial charge >= 0.3 is 0 Å². The Bertz CT molecular complexity index is 1120. The summed E-state index contributed by atoms with van der Waals surface area (Å²) >= 11 is 1.70. The Morgan fingerprint density at radius 1 is 0.903 bits per heavy atom. The Kier molecular flexibility index (Phi) is 6.64. The molecule has 7 heteroatoms. The first-order valence-corrected chi connectivity index (χ1v) is 11.0. The van der Waals surface area contributed by atoms with Crippen LogP contribution in [0.25, 0.3) is 0 Å². The maximum absolute atomic E-state index is 5.22. The Labute approximate surface area is 186 Å². The summed E-state index contributed by atoms with van der Waals surface area (Å²) in [4.78, 5) is 16.6. The Hall–Kier alpha value is -3.58. The van der Waals surface area contributed by atoms with Crippen LogP contribution < -0.4 is 15.0 Å². The van der Waals surface area contributed by atoms with Crippen molar-refractivity contribution in [2.75, 3.05) is 23.6 Å². The van der Waals surface area contributed by atoms with Crippen molar-refractivity contribution in [1.82, 2.24) is 15.0 Å². The first-order valence-electron chi connectivity index (χ1n) is 9.80. The van der Waals surface area contributed by atoms with Crippen molar-refractivity contribution in [1.29, 1.82) is 0 Å². The highest BCUT2D eigenvalue weighted by atomic mass is 32.2. The van der Waals surface area contributed by atoms with Gasteiger partial charge in [-0.05, 0) is 42.7 Å². The van der Waals surface area contributed by atoms with E-state index < -0.39 is 0 Å². The van der Waals surface area contributed by atoms with E-state index in [2.05, 4.69) is 49.6 Å². The van der Waals surface area contributed by atoms with Crippen molar-refractivity contribution in [2.45, 2.75) is 11.4 Å². The van der Waals surface area contributed by atoms with E-state index in [9.17, 15) is 0 Å². The first kappa shape index (κ1) is 20.7. The largest absolute Gasteiger partial charge is 0.481 e. The van der Waals surface area contributed by atoms with Gasteiger partial charge < -0.3 is 15.0 Å². The zero-order valence-electron chi connectivity index (χ0n) is 17.4. The van der Waals surface area contributed by atoms with Crippen LogP contribution in [0, 0.1) is 0 Å². The van der Waals surface area contributed by atoms with E-state index in [1.807, 2.05) is 48.7 Å². The number of nitrogens with one attached hydrogen (secondary N) is 1. The molecular formula is C24H23N5OS. The first-order chi connectivity index (χ1) is 15.3. The lowest BCUT2D eigenvalue weighted by Crippen LogP contribution is -2.18. The topological polar surface area (TPSA) is 63.2 Å². The second-order valence-corrected chi connectivity index (χ2v) is 7.54. The molecule has 31 heavy (non-hydrogen) atoms. The van der Waals surface area contributed by atoms with Gasteiger partial charge in [0.1, 0.15) is 5.82 Å². The van der Waals surface area contributed by atoms with Crippen LogP contribution in [-0.2, 0) is 6.54 Å². The fourth-order valence-corrected chi connectivity index (χ4v) is 3.78. The minimum atomic E-state index is 0.576. The molecule has 3 aromatic heterocycles. The summed E-state index contributed by atoms with van der Waals surface area (Å²) in [7, 11) is 1.61. The predicted molar refractivity (Wildman–Crippen MR) is 127 cm³/mol. The number of hydrogen-bond acceptors (Lipinski definition) is 7. The van der Waals surface area contributed by atoms with Crippen LogP contribution in [0.2, 0.25) is 0 Å². The molecule has 0 atom stereocenters. The third-order valence-corrected chi connectivity index (χ3v) is 5.57. The molecule has 0 aliphatic rings. The third kappa shape index (κ3) is 4.95. The summed E-state index contributed by atoms with van der Waals surface area (Å²) in [6.45, 7) is 0.595. The van der Waals surface area contributed by atoms with E-state index in [1.54, 1.807) is 37.5 Å². The maximum atomic E-state index is 5.22. The molecule has 0 aliphatic heterocycles. The predicted octanol–water partition coefficient (Wildman–Crippen LogP) is 5.68. The molecule has 0 radical (unpaired) electrons. The molecule has 0 spiro atoms. The lowest BCUT2D eigenvalue weighted by Gasteiger charge is -2.25. The average molecular weight is 430 g/mol. The molecule has 0 bridgehead atoms. The summed E-state index contributed by atoms with van der Waals surface area (Å²) in [6.07, 6.45) is 9.29. The number of para-hydroxylation sites is 1. The fraction of sp³-hybridized carbons (Fsp3) is 0.125. The minimum Gasteiger partial charge on any atom is -0.481 e. The smallest absolute Gasteiger partial charge is 0.213 e. The van der Waals surface area contributed by atoms with Gasteiger partial charge in [0.25, 0.3) is 0 Å². The van der Waals surface area contributed by atoms with Gasteiger partial charge in [-0.2, -0.15) is 0 Å². The normalized spacial score (nSPS) is 10.5. The number of thioether (sulfide) groups is 1. The van der Waals surface area contributed by atoms with Crippen LogP contribution >= 0.6 is 11.8 Å². The number of anilines is 4. The molecule has 0 saturated carbocycles. The van der Waals surface area contributed by atoms with E-state index in [1.165, 1.54) is 4.90 Å². The lowest BCUT2D eigenvalue weighted by atomic mass is 10.2. The van der Waals surface area contributed by atoms with Crippen LogP contribution in [0.4, 0.5) is 22.9 Å². The highest BCUT2D eigenvalue weighted by Gasteiger charge is 2.15. The van der Waals surface area contributed by atoms with Crippen molar-refractivity contribution < 1.29 is 4.74 Å². The van der Waals surface area contributed by atoms with Gasteiger partial charge in [0.2, 0.25) is 5.88 Å². The van der Waals surface area contributed by atoms with Crippen molar-refractivity contribution in [2.24, 2.45) is 0 Å². The third-order valence-electron chi connectivity index (χ3n) is 4.78. The van der Waals surface area contributed by atoms with Gasteiger partial charge in [-0.1, -0.05) is 18.2 Å². The van der Waals surface area contributed by atoms with Crippen molar-refractivity contribution >= 4 is 34.6 Å². The summed E-state index contributed by atoms with van der Waals surface area (Å²) in [5.74, 6) is 1.40. The molecule has 0 unspecified atom stereocenters. The van der Waals surface area contributed by atoms with Crippen LogP contribution in [0.1, 0.15) is 5.56 Å². The Balaban J connectivity index is 1.69. The molecule has 0 aliphatic carbocycles. The average Bonchev–Trinajstić information content (AvgIpc) is 2.84. The molecule has 3 heterocycles. The SMILES string of the molecule is COc1ccc(N(Cc2cccnc2Nc2ccccc2SC)c2cccnc2)cn1. The van der Waals surface area contributed by atoms with Gasteiger partial charge in [-0.3, -0.25) is 4.98 Å². The number of benzene rings is 1. The Morgan fingerprint density at radius 2 is 1.74 bits per heavy atom. The van der Waals surface area contributed by atoms with Crippen molar-refractivity contribution in [3.05, 3.63) is 91.0 Å². The monoisotopic (exact) mass is 429 g/mol. The molecule has 6 nitrogen and oxygen atoms in total. The van der Waals surface area contributed by atoms with Gasteiger partial charge in [0.15, 0.2) is 0 Å². The number of rotatable bonds is 8. The van der Waals surface area contributed by atoms with Crippen LogP contribution in [0.15, 0.2) is 90.3 Å². The van der Waals surface area contributed by atoms with Crippen molar-refractivity contribution in [3.63, 3.8) is 0 Å². The summed E-state index contributed by atoms with van der Waals surface area (Å²) in [5, 5.41) is 3.51. The van der Waals surface area contributed by atoms with Crippen LogP contribution in [0.5, 0.6) is 5.88 Å². The van der Waals surface area contributed by atoms with E-state index >= 15 is 0 Å². The van der Waals surface area contributed by atoms with E-state index in [0.29, 0.717) is 12.4 Å². The van der Waals surface area contributed by atoms with Crippen LogP contribution in [-0.4, -0.2) is 28.3 Å². The second-order valence-electron chi connectivity index (χ2n) is 6.69. The maximum Gasteiger partial charge on any atom is 0.213 e. The highest BCUT2D eigenvalue weighted by molar-refractivity contribution is 7.98. The molecule has 0 saturated heterocycles. The minimum absolute atomic E-state index is 0.576. The molecule has 1 N–H and O–H groups in total. The number of hydrogen-bond donors (Lipinski definition) is 1. The van der Waals surface area contributed by atoms with E-state index in [4.69, 9.17) is 4.74 Å². The lowest BCUT2D eigenvalue weighted by molar-refractivity contribution is 0.398. The quantitative estimate of drug-likeness (QED) is 0.361. The number of methoxy groups -OCH3 is 1. The molecule has 0 amide bonds. The molecule has 0 fully saturated rings.